The summed E-state index contributed by atoms with van der Waals surface area (Å²) < 4.78 is 5.23. The maximum atomic E-state index is 12.5. The van der Waals surface area contributed by atoms with E-state index in [1.165, 1.54) is 12.8 Å². The largest absolute Gasteiger partial charge is 0.360 e. The Kier molecular flexibility index (Phi) is 7.94. The maximum absolute atomic E-state index is 12.5. The van der Waals surface area contributed by atoms with Gasteiger partial charge in [-0.3, -0.25) is 4.79 Å². The third-order valence-electron chi connectivity index (χ3n) is 5.55. The molecule has 1 rings (SSSR count). The highest BCUT2D eigenvalue weighted by molar-refractivity contribution is 5.93. The molecule has 0 bridgehead atoms. The Labute approximate surface area is 147 Å². The first-order valence-corrected chi connectivity index (χ1v) is 9.24. The summed E-state index contributed by atoms with van der Waals surface area (Å²) in [6, 6.07) is 0.388. The minimum Gasteiger partial charge on any atom is -0.360 e. The van der Waals surface area contributed by atoms with Gasteiger partial charge in [0.15, 0.2) is 5.69 Å². The summed E-state index contributed by atoms with van der Waals surface area (Å²) in [6.45, 7) is 14.5. The maximum Gasteiger partial charge on any atom is 0.273 e. The van der Waals surface area contributed by atoms with Crippen LogP contribution < -0.4 is 5.32 Å². The molecular formula is C19H35N3O2. The van der Waals surface area contributed by atoms with Crippen LogP contribution in [0.3, 0.4) is 0 Å². The molecule has 0 aliphatic carbocycles. The molecule has 0 aliphatic rings. The molecule has 0 saturated carbocycles. The summed E-state index contributed by atoms with van der Waals surface area (Å²) in [5, 5.41) is 7.01. The van der Waals surface area contributed by atoms with Crippen molar-refractivity contribution < 1.29 is 9.32 Å². The second-order valence-corrected chi connectivity index (χ2v) is 7.13. The van der Waals surface area contributed by atoms with Crippen LogP contribution in [0.15, 0.2) is 4.52 Å². The Bertz CT molecular complexity index is 527. The molecule has 1 heterocycles. The van der Waals surface area contributed by atoms with Crippen molar-refractivity contribution in [2.75, 3.05) is 20.1 Å². The first-order chi connectivity index (χ1) is 11.3. The number of nitrogens with one attached hydrogen (secondary N) is 1. The summed E-state index contributed by atoms with van der Waals surface area (Å²) >= 11 is 0. The van der Waals surface area contributed by atoms with Gasteiger partial charge in [-0.2, -0.15) is 0 Å². The Morgan fingerprint density at radius 1 is 1.38 bits per heavy atom. The number of hydrogen-bond acceptors (Lipinski definition) is 4. The SMILES string of the molecule is CCCCN(C)C(C)C(C)(CC)CNC(=O)c1noc(CC)c1C. The minimum atomic E-state index is -0.140. The van der Waals surface area contributed by atoms with E-state index in [0.29, 0.717) is 18.3 Å². The molecule has 0 aromatic carbocycles. The highest BCUT2D eigenvalue weighted by Gasteiger charge is 2.32. The molecule has 0 saturated heterocycles. The molecule has 138 valence electrons. The Morgan fingerprint density at radius 2 is 2.04 bits per heavy atom. The van der Waals surface area contributed by atoms with Gasteiger partial charge in [-0.25, -0.2) is 0 Å². The van der Waals surface area contributed by atoms with E-state index in [-0.39, 0.29) is 11.3 Å². The van der Waals surface area contributed by atoms with Gasteiger partial charge in [0.05, 0.1) is 0 Å². The van der Waals surface area contributed by atoms with E-state index in [9.17, 15) is 4.79 Å². The molecule has 5 heteroatoms. The highest BCUT2D eigenvalue weighted by atomic mass is 16.5. The predicted molar refractivity (Wildman–Crippen MR) is 98.3 cm³/mol. The number of carbonyl (C=O) groups is 1. The zero-order valence-electron chi connectivity index (χ0n) is 16.5. The number of amides is 1. The highest BCUT2D eigenvalue weighted by Crippen LogP contribution is 2.28. The molecule has 1 aromatic heterocycles. The molecule has 2 unspecified atom stereocenters. The lowest BCUT2D eigenvalue weighted by molar-refractivity contribution is 0.0818. The van der Waals surface area contributed by atoms with Crippen molar-refractivity contribution in [2.24, 2.45) is 5.41 Å². The normalized spacial score (nSPS) is 15.3. The van der Waals surface area contributed by atoms with Crippen LogP contribution in [0.5, 0.6) is 0 Å². The molecule has 1 N–H and O–H groups in total. The number of rotatable bonds is 10. The van der Waals surface area contributed by atoms with E-state index in [2.05, 4.69) is 50.1 Å². The number of nitrogens with zero attached hydrogens (tertiary/aromatic N) is 2. The van der Waals surface area contributed by atoms with Gasteiger partial charge in [-0.05, 0) is 45.7 Å². The van der Waals surface area contributed by atoms with Crippen LogP contribution in [0.1, 0.15) is 75.7 Å². The number of unbranched alkanes of at least 4 members (excludes halogenated alkanes) is 1. The fourth-order valence-corrected chi connectivity index (χ4v) is 2.98. The van der Waals surface area contributed by atoms with Crippen LogP contribution >= 0.6 is 0 Å². The molecule has 1 aromatic rings. The van der Waals surface area contributed by atoms with E-state index in [4.69, 9.17) is 4.52 Å². The molecule has 24 heavy (non-hydrogen) atoms. The second-order valence-electron chi connectivity index (χ2n) is 7.13. The fourth-order valence-electron chi connectivity index (χ4n) is 2.98. The van der Waals surface area contributed by atoms with Crippen LogP contribution in [0, 0.1) is 12.3 Å². The summed E-state index contributed by atoms with van der Waals surface area (Å²) in [4.78, 5) is 14.9. The molecule has 0 fully saturated rings. The van der Waals surface area contributed by atoms with Gasteiger partial charge >= 0.3 is 0 Å². The molecule has 0 aliphatic heterocycles. The van der Waals surface area contributed by atoms with Crippen LogP contribution in [0.4, 0.5) is 0 Å². The number of hydrogen-bond donors (Lipinski definition) is 1. The molecule has 5 nitrogen and oxygen atoms in total. The fraction of sp³-hybridized carbons (Fsp3) is 0.789. The zero-order chi connectivity index (χ0) is 18.3. The van der Waals surface area contributed by atoms with Crippen molar-refractivity contribution >= 4 is 5.91 Å². The van der Waals surface area contributed by atoms with Gasteiger partial charge in [-0.15, -0.1) is 0 Å². The van der Waals surface area contributed by atoms with Gasteiger partial charge in [-0.1, -0.05) is 39.3 Å². The third-order valence-corrected chi connectivity index (χ3v) is 5.55. The third kappa shape index (κ3) is 4.82. The van der Waals surface area contributed by atoms with Gasteiger partial charge in [0.2, 0.25) is 0 Å². The standard InChI is InChI=1S/C19H35N3O2/c1-8-11-12-22(7)15(5)19(6,10-3)13-20-18(23)17-14(4)16(9-2)24-21-17/h15H,8-13H2,1-7H3,(H,20,23). The van der Waals surface area contributed by atoms with Crippen molar-refractivity contribution in [1.29, 1.82) is 0 Å². The van der Waals surface area contributed by atoms with Crippen molar-refractivity contribution in [3.63, 3.8) is 0 Å². The van der Waals surface area contributed by atoms with Crippen molar-refractivity contribution in [1.82, 2.24) is 15.4 Å². The van der Waals surface area contributed by atoms with E-state index in [1.54, 1.807) is 0 Å². The first kappa shape index (κ1) is 20.7. The summed E-state index contributed by atoms with van der Waals surface area (Å²) in [7, 11) is 2.17. The molecule has 0 radical (unpaired) electrons. The summed E-state index contributed by atoms with van der Waals surface area (Å²) in [5.74, 6) is 0.644. The topological polar surface area (TPSA) is 58.4 Å². The smallest absolute Gasteiger partial charge is 0.273 e. The number of aromatic nitrogens is 1. The van der Waals surface area contributed by atoms with Crippen molar-refractivity contribution in [2.45, 2.75) is 73.3 Å². The monoisotopic (exact) mass is 337 g/mol. The summed E-state index contributed by atoms with van der Waals surface area (Å²) in [5.41, 5.74) is 1.28. The molecule has 2 atom stereocenters. The molecule has 0 spiro atoms. The Balaban J connectivity index is 2.73. The van der Waals surface area contributed by atoms with Crippen molar-refractivity contribution in [3.8, 4) is 0 Å². The average molecular weight is 338 g/mol. The van der Waals surface area contributed by atoms with Gasteiger partial charge < -0.3 is 14.7 Å². The van der Waals surface area contributed by atoms with Gasteiger partial charge in [0.25, 0.3) is 5.91 Å². The first-order valence-electron chi connectivity index (χ1n) is 9.24. The molecular weight excluding hydrogens is 302 g/mol. The second kappa shape index (κ2) is 9.21. The van der Waals surface area contributed by atoms with Crippen LogP contribution in [0.2, 0.25) is 0 Å². The van der Waals surface area contributed by atoms with Gasteiger partial charge in [0.1, 0.15) is 5.76 Å². The molecule has 1 amide bonds. The minimum absolute atomic E-state index is 0.0172. The van der Waals surface area contributed by atoms with Gasteiger partial charge in [0, 0.05) is 24.6 Å². The predicted octanol–water partition coefficient (Wildman–Crippen LogP) is 3.81. The number of aryl methyl sites for hydroxylation is 1. The van der Waals surface area contributed by atoms with E-state index >= 15 is 0 Å². The lowest BCUT2D eigenvalue weighted by Gasteiger charge is -2.40. The lowest BCUT2D eigenvalue weighted by Crippen LogP contribution is -2.49. The van der Waals surface area contributed by atoms with E-state index in [0.717, 1.165) is 30.7 Å². The van der Waals surface area contributed by atoms with Crippen molar-refractivity contribution in [3.05, 3.63) is 17.0 Å². The van der Waals surface area contributed by atoms with Crippen LogP contribution in [0.25, 0.3) is 0 Å². The quantitative estimate of drug-likeness (QED) is 0.705. The Morgan fingerprint density at radius 3 is 2.54 bits per heavy atom. The zero-order valence-corrected chi connectivity index (χ0v) is 16.5. The van der Waals surface area contributed by atoms with Crippen LogP contribution in [-0.2, 0) is 6.42 Å². The van der Waals surface area contributed by atoms with E-state index in [1.807, 2.05) is 13.8 Å². The summed E-state index contributed by atoms with van der Waals surface area (Å²) in [6.07, 6.45) is 4.15. The van der Waals surface area contributed by atoms with E-state index < -0.39 is 0 Å². The van der Waals surface area contributed by atoms with Crippen LogP contribution in [-0.4, -0.2) is 42.1 Å². The lowest BCUT2D eigenvalue weighted by atomic mass is 9.79. The number of carbonyl (C=O) groups excluding carboxylic acids is 1. The Hall–Kier alpha value is -1.36. The average Bonchev–Trinajstić information content (AvgIpc) is 2.97.